The molecule has 64 valence electrons. The summed E-state index contributed by atoms with van der Waals surface area (Å²) in [6.45, 7) is 2.04. The third-order valence-electron chi connectivity index (χ3n) is 1.42. The van der Waals surface area contributed by atoms with Gasteiger partial charge in [-0.1, -0.05) is 17.7 Å². The molecule has 0 spiro atoms. The minimum Gasteiger partial charge on any atom is -0.501 e. The second-order valence-corrected chi connectivity index (χ2v) is 2.44. The van der Waals surface area contributed by atoms with Crippen molar-refractivity contribution in [3.8, 4) is 5.75 Å². The van der Waals surface area contributed by atoms with Crippen LogP contribution < -0.4 is 4.74 Å². The monoisotopic (exact) mass is 164 g/mol. The van der Waals surface area contributed by atoms with Crippen LogP contribution in [-0.2, 0) is 4.74 Å². The molecule has 1 aromatic carbocycles. The SMILES string of the molecule is CO/C=C/Oc1ccc(C)cc1. The molecule has 0 saturated carbocycles. The lowest BCUT2D eigenvalue weighted by Crippen LogP contribution is -1.82. The van der Waals surface area contributed by atoms with Crippen molar-refractivity contribution in [2.45, 2.75) is 6.92 Å². The molecule has 0 N–H and O–H groups in total. The van der Waals surface area contributed by atoms with E-state index < -0.39 is 0 Å². The van der Waals surface area contributed by atoms with Crippen molar-refractivity contribution >= 4 is 0 Å². The van der Waals surface area contributed by atoms with Crippen molar-refractivity contribution in [3.63, 3.8) is 0 Å². The number of hydrogen-bond acceptors (Lipinski definition) is 2. The highest BCUT2D eigenvalue weighted by atomic mass is 16.5. The summed E-state index contributed by atoms with van der Waals surface area (Å²) in [6, 6.07) is 7.82. The van der Waals surface area contributed by atoms with E-state index >= 15 is 0 Å². The number of benzene rings is 1. The average Bonchev–Trinajstić information content (AvgIpc) is 2.09. The Morgan fingerprint density at radius 3 is 2.33 bits per heavy atom. The maximum absolute atomic E-state index is 5.20. The van der Waals surface area contributed by atoms with E-state index in [2.05, 4.69) is 4.74 Å². The van der Waals surface area contributed by atoms with Gasteiger partial charge in [-0.3, -0.25) is 0 Å². The van der Waals surface area contributed by atoms with Crippen LogP contribution in [-0.4, -0.2) is 7.11 Å². The number of hydrogen-bond donors (Lipinski definition) is 0. The van der Waals surface area contributed by atoms with E-state index in [0.29, 0.717) is 0 Å². The quantitative estimate of drug-likeness (QED) is 0.639. The first-order valence-corrected chi connectivity index (χ1v) is 3.74. The van der Waals surface area contributed by atoms with Gasteiger partial charge in [0.15, 0.2) is 0 Å². The van der Waals surface area contributed by atoms with Crippen molar-refractivity contribution < 1.29 is 9.47 Å². The summed E-state index contributed by atoms with van der Waals surface area (Å²) < 4.78 is 9.88. The highest BCUT2D eigenvalue weighted by Crippen LogP contribution is 2.11. The van der Waals surface area contributed by atoms with Crippen LogP contribution in [0, 0.1) is 6.92 Å². The number of methoxy groups -OCH3 is 1. The Bertz CT molecular complexity index is 249. The zero-order valence-electron chi connectivity index (χ0n) is 7.28. The van der Waals surface area contributed by atoms with Gasteiger partial charge >= 0.3 is 0 Å². The number of aryl methyl sites for hydroxylation is 1. The summed E-state index contributed by atoms with van der Waals surface area (Å²) in [5.74, 6) is 0.814. The molecule has 2 heteroatoms. The van der Waals surface area contributed by atoms with Crippen LogP contribution in [0.25, 0.3) is 0 Å². The molecule has 0 unspecified atom stereocenters. The number of ether oxygens (including phenoxy) is 2. The lowest BCUT2D eigenvalue weighted by molar-refractivity contribution is 0.319. The summed E-state index contributed by atoms with van der Waals surface area (Å²) in [5.41, 5.74) is 1.22. The van der Waals surface area contributed by atoms with E-state index in [-0.39, 0.29) is 0 Å². The molecule has 0 heterocycles. The normalized spacial score (nSPS) is 10.2. The summed E-state index contributed by atoms with van der Waals surface area (Å²) in [7, 11) is 1.58. The van der Waals surface area contributed by atoms with Gasteiger partial charge in [-0.2, -0.15) is 0 Å². The smallest absolute Gasteiger partial charge is 0.126 e. The topological polar surface area (TPSA) is 18.5 Å². The van der Waals surface area contributed by atoms with Crippen molar-refractivity contribution in [1.29, 1.82) is 0 Å². The van der Waals surface area contributed by atoms with E-state index in [0.717, 1.165) is 5.75 Å². The zero-order valence-corrected chi connectivity index (χ0v) is 7.28. The first-order valence-electron chi connectivity index (χ1n) is 3.74. The highest BCUT2D eigenvalue weighted by Gasteiger charge is 1.88. The van der Waals surface area contributed by atoms with E-state index in [1.54, 1.807) is 7.11 Å². The number of rotatable bonds is 3. The van der Waals surface area contributed by atoms with E-state index in [1.165, 1.54) is 18.1 Å². The molecule has 0 bridgehead atoms. The van der Waals surface area contributed by atoms with Gasteiger partial charge < -0.3 is 9.47 Å². The Kier molecular flexibility index (Phi) is 3.20. The molecule has 1 rings (SSSR count). The average molecular weight is 164 g/mol. The van der Waals surface area contributed by atoms with Crippen LogP contribution in [0.1, 0.15) is 5.56 Å². The zero-order chi connectivity index (χ0) is 8.81. The van der Waals surface area contributed by atoms with Crippen LogP contribution in [0.15, 0.2) is 36.8 Å². The largest absolute Gasteiger partial charge is 0.501 e. The van der Waals surface area contributed by atoms with Gasteiger partial charge in [-0.15, -0.1) is 0 Å². The molecular weight excluding hydrogens is 152 g/mol. The molecule has 12 heavy (non-hydrogen) atoms. The Balaban J connectivity index is 2.53. The first-order chi connectivity index (χ1) is 5.83. The van der Waals surface area contributed by atoms with Gasteiger partial charge in [-0.05, 0) is 19.1 Å². The van der Waals surface area contributed by atoms with E-state index in [9.17, 15) is 0 Å². The van der Waals surface area contributed by atoms with E-state index in [1.807, 2.05) is 31.2 Å². The fraction of sp³-hybridized carbons (Fsp3) is 0.200. The highest BCUT2D eigenvalue weighted by molar-refractivity contribution is 5.26. The molecule has 0 saturated heterocycles. The molecule has 1 aromatic rings. The van der Waals surface area contributed by atoms with Gasteiger partial charge in [-0.25, -0.2) is 0 Å². The minimum absolute atomic E-state index is 0.814. The predicted molar refractivity (Wildman–Crippen MR) is 48.0 cm³/mol. The molecule has 0 aliphatic heterocycles. The first kappa shape index (κ1) is 8.65. The minimum atomic E-state index is 0.814. The van der Waals surface area contributed by atoms with Crippen molar-refractivity contribution in [2.75, 3.05) is 7.11 Å². The summed E-state index contributed by atoms with van der Waals surface area (Å²) in [6.07, 6.45) is 2.99. The molecule has 0 aliphatic rings. The molecule has 0 aliphatic carbocycles. The van der Waals surface area contributed by atoms with Crippen molar-refractivity contribution in [1.82, 2.24) is 0 Å². The maximum Gasteiger partial charge on any atom is 0.126 e. The predicted octanol–water partition coefficient (Wildman–Crippen LogP) is 2.49. The molecule has 0 fully saturated rings. The Morgan fingerprint density at radius 1 is 1.08 bits per heavy atom. The van der Waals surface area contributed by atoms with Gasteiger partial charge in [0.1, 0.15) is 18.3 Å². The van der Waals surface area contributed by atoms with Crippen LogP contribution in [0.4, 0.5) is 0 Å². The lowest BCUT2D eigenvalue weighted by Gasteiger charge is -1.99. The van der Waals surface area contributed by atoms with Gasteiger partial charge in [0.05, 0.1) is 7.11 Å². The Labute approximate surface area is 72.4 Å². The fourth-order valence-electron chi connectivity index (χ4n) is 0.779. The molecule has 0 radical (unpaired) electrons. The van der Waals surface area contributed by atoms with Crippen LogP contribution in [0.3, 0.4) is 0 Å². The van der Waals surface area contributed by atoms with Crippen molar-refractivity contribution in [2.24, 2.45) is 0 Å². The molecular formula is C10H12O2. The Hall–Kier alpha value is -1.44. The second-order valence-electron chi connectivity index (χ2n) is 2.44. The summed E-state index contributed by atoms with van der Waals surface area (Å²) in [5, 5.41) is 0. The fourth-order valence-corrected chi connectivity index (χ4v) is 0.779. The third-order valence-corrected chi connectivity index (χ3v) is 1.42. The lowest BCUT2D eigenvalue weighted by atomic mass is 10.2. The third kappa shape index (κ3) is 2.66. The molecule has 2 nitrogen and oxygen atoms in total. The standard InChI is InChI=1S/C10H12O2/c1-9-3-5-10(6-4-9)12-8-7-11-2/h3-8H,1-2H3/b8-7+. The van der Waals surface area contributed by atoms with Gasteiger partial charge in [0.2, 0.25) is 0 Å². The van der Waals surface area contributed by atoms with Gasteiger partial charge in [0, 0.05) is 0 Å². The maximum atomic E-state index is 5.20. The van der Waals surface area contributed by atoms with Crippen LogP contribution >= 0.6 is 0 Å². The summed E-state index contributed by atoms with van der Waals surface area (Å²) >= 11 is 0. The molecule has 0 amide bonds. The molecule has 0 aromatic heterocycles. The van der Waals surface area contributed by atoms with Crippen molar-refractivity contribution in [3.05, 3.63) is 42.4 Å². The second kappa shape index (κ2) is 4.44. The molecule has 0 atom stereocenters. The van der Waals surface area contributed by atoms with Crippen LogP contribution in [0.5, 0.6) is 5.75 Å². The summed E-state index contributed by atoms with van der Waals surface area (Å²) in [4.78, 5) is 0. The van der Waals surface area contributed by atoms with Gasteiger partial charge in [0.25, 0.3) is 0 Å². The van der Waals surface area contributed by atoms with E-state index in [4.69, 9.17) is 4.74 Å². The Morgan fingerprint density at radius 2 is 1.75 bits per heavy atom. The van der Waals surface area contributed by atoms with Crippen LogP contribution in [0.2, 0.25) is 0 Å².